The third kappa shape index (κ3) is 2.24. The molecule has 1 aliphatic heterocycles. The highest BCUT2D eigenvalue weighted by Gasteiger charge is 2.61. The molecule has 1 saturated heterocycles. The molecule has 0 aromatic heterocycles. The summed E-state index contributed by atoms with van der Waals surface area (Å²) in [7, 11) is 0. The molecule has 3 atom stereocenters. The van der Waals surface area contributed by atoms with E-state index in [-0.39, 0.29) is 29.8 Å². The summed E-state index contributed by atoms with van der Waals surface area (Å²) >= 11 is 0. The van der Waals surface area contributed by atoms with Crippen molar-refractivity contribution < 1.29 is 9.53 Å². The fraction of sp³-hybridized carbons (Fsp3) is 0.889. The molecule has 90 valence electrons. The van der Waals surface area contributed by atoms with Gasteiger partial charge in [-0.15, -0.1) is 12.4 Å². The predicted octanol–water partition coefficient (Wildman–Crippen LogP) is 1.40. The number of carbonyl (C=O) groups is 1. The van der Waals surface area contributed by atoms with E-state index in [1.807, 2.05) is 0 Å². The highest BCUT2D eigenvalue weighted by molar-refractivity contribution is 5.85. The van der Waals surface area contributed by atoms with Gasteiger partial charge < -0.3 is 10.1 Å². The van der Waals surface area contributed by atoms with Crippen molar-refractivity contribution in [1.29, 1.82) is 0 Å². The number of nitrogens with zero attached hydrogens (tertiary/aromatic N) is 3. The first-order valence-electron chi connectivity index (χ1n) is 5.15. The summed E-state index contributed by atoms with van der Waals surface area (Å²) in [5.41, 5.74) is 8.30. The molecule has 16 heavy (non-hydrogen) atoms. The fourth-order valence-corrected chi connectivity index (χ4v) is 2.32. The van der Waals surface area contributed by atoms with E-state index in [2.05, 4.69) is 15.3 Å². The quantitative estimate of drug-likeness (QED) is 0.352. The second-order valence-electron chi connectivity index (χ2n) is 4.18. The van der Waals surface area contributed by atoms with Crippen LogP contribution in [-0.2, 0) is 9.53 Å². The Kier molecular flexibility index (Phi) is 4.02. The molecule has 1 N–H and O–H groups in total. The van der Waals surface area contributed by atoms with Crippen LogP contribution in [0.5, 0.6) is 0 Å². The summed E-state index contributed by atoms with van der Waals surface area (Å²) in [6, 6.07) is 0.120. The molecule has 2 aliphatic rings. The first-order valence-corrected chi connectivity index (χ1v) is 5.15. The van der Waals surface area contributed by atoms with Crippen LogP contribution in [0.1, 0.15) is 19.8 Å². The van der Waals surface area contributed by atoms with Gasteiger partial charge in [-0.1, -0.05) is 5.11 Å². The number of carbonyl (C=O) groups excluding carboxylic acids is 1. The Bertz CT molecular complexity index is 331. The molecule has 7 heteroatoms. The molecule has 2 rings (SSSR count). The summed E-state index contributed by atoms with van der Waals surface area (Å²) in [5, 5.41) is 6.80. The number of fused-ring (bicyclic) bond motifs is 1. The van der Waals surface area contributed by atoms with E-state index in [0.29, 0.717) is 19.2 Å². The van der Waals surface area contributed by atoms with Gasteiger partial charge >= 0.3 is 5.97 Å². The second-order valence-corrected chi connectivity index (χ2v) is 4.18. The number of esters is 1. The smallest absolute Gasteiger partial charge is 0.323 e. The van der Waals surface area contributed by atoms with E-state index in [4.69, 9.17) is 10.3 Å². The topological polar surface area (TPSA) is 87.1 Å². The molecule has 0 radical (unpaired) electrons. The van der Waals surface area contributed by atoms with Gasteiger partial charge in [0, 0.05) is 17.5 Å². The van der Waals surface area contributed by atoms with Crippen LogP contribution in [0.3, 0.4) is 0 Å². The number of hydrogen-bond donors (Lipinski definition) is 1. The van der Waals surface area contributed by atoms with Crippen LogP contribution in [0.2, 0.25) is 0 Å². The highest BCUT2D eigenvalue weighted by Crippen LogP contribution is 2.54. The van der Waals surface area contributed by atoms with Crippen molar-refractivity contribution >= 4 is 18.4 Å². The third-order valence-corrected chi connectivity index (χ3v) is 3.22. The monoisotopic (exact) mass is 246 g/mol. The van der Waals surface area contributed by atoms with Crippen molar-refractivity contribution in [2.24, 2.45) is 10.5 Å². The van der Waals surface area contributed by atoms with Crippen molar-refractivity contribution in [3.05, 3.63) is 10.4 Å². The molecule has 0 unspecified atom stereocenters. The standard InChI is InChI=1S/C9H14N4O2.ClH/c1-2-15-8(14)6-3-9(5-11-13-10)4-7(9)12-6;/h6-7,12H,2-5H2,1H3;1H/t6-,7-,9+;/m0./s1. The number of ether oxygens (including phenoxy) is 1. The van der Waals surface area contributed by atoms with Crippen molar-refractivity contribution in [2.75, 3.05) is 13.2 Å². The summed E-state index contributed by atoms with van der Waals surface area (Å²) in [5.74, 6) is -0.190. The molecular weight excluding hydrogens is 232 g/mol. The maximum Gasteiger partial charge on any atom is 0.323 e. The van der Waals surface area contributed by atoms with E-state index < -0.39 is 0 Å². The number of hydrogen-bond acceptors (Lipinski definition) is 4. The number of halogens is 1. The molecule has 0 amide bonds. The maximum atomic E-state index is 11.4. The molecule has 2 fully saturated rings. The highest BCUT2D eigenvalue weighted by atomic mass is 35.5. The molecular formula is C9H15ClN4O2. The van der Waals surface area contributed by atoms with Crippen LogP contribution in [0.15, 0.2) is 5.11 Å². The normalized spacial score (nSPS) is 34.3. The first kappa shape index (κ1) is 13.1. The molecule has 0 aromatic carbocycles. The minimum absolute atomic E-state index is 0. The van der Waals surface area contributed by atoms with Crippen molar-refractivity contribution in [2.45, 2.75) is 31.8 Å². The molecule has 1 aliphatic carbocycles. The van der Waals surface area contributed by atoms with Crippen molar-refractivity contribution in [1.82, 2.24) is 5.32 Å². The van der Waals surface area contributed by atoms with Crippen LogP contribution in [0.4, 0.5) is 0 Å². The average molecular weight is 247 g/mol. The summed E-state index contributed by atoms with van der Waals surface area (Å²) in [6.45, 7) is 2.69. The first-order chi connectivity index (χ1) is 7.22. The number of nitrogens with one attached hydrogen (secondary N) is 1. The zero-order valence-electron chi connectivity index (χ0n) is 9.05. The lowest BCUT2D eigenvalue weighted by Gasteiger charge is -2.13. The molecule has 0 bridgehead atoms. The third-order valence-electron chi connectivity index (χ3n) is 3.22. The molecule has 0 spiro atoms. The van der Waals surface area contributed by atoms with Crippen LogP contribution in [0, 0.1) is 5.41 Å². The van der Waals surface area contributed by atoms with E-state index in [1.165, 1.54) is 0 Å². The Labute approximate surface area is 99.8 Å². The van der Waals surface area contributed by atoms with Crippen molar-refractivity contribution in [3.63, 3.8) is 0 Å². The molecule has 1 heterocycles. The van der Waals surface area contributed by atoms with Crippen LogP contribution < -0.4 is 5.32 Å². The number of rotatable bonds is 4. The van der Waals surface area contributed by atoms with Crippen LogP contribution in [0.25, 0.3) is 10.4 Å². The Morgan fingerprint density at radius 2 is 2.44 bits per heavy atom. The Hall–Kier alpha value is -0.970. The lowest BCUT2D eigenvalue weighted by molar-refractivity contribution is -0.145. The van der Waals surface area contributed by atoms with Gasteiger partial charge in [-0.3, -0.25) is 4.79 Å². The van der Waals surface area contributed by atoms with E-state index in [0.717, 1.165) is 12.8 Å². The average Bonchev–Trinajstić information content (AvgIpc) is 2.78. The van der Waals surface area contributed by atoms with Crippen LogP contribution >= 0.6 is 12.4 Å². The largest absolute Gasteiger partial charge is 0.465 e. The van der Waals surface area contributed by atoms with Crippen LogP contribution in [-0.4, -0.2) is 31.2 Å². The van der Waals surface area contributed by atoms with Gasteiger partial charge in [0.2, 0.25) is 0 Å². The zero-order valence-corrected chi connectivity index (χ0v) is 9.87. The van der Waals surface area contributed by atoms with Gasteiger partial charge in [0.05, 0.1) is 6.61 Å². The van der Waals surface area contributed by atoms with E-state index in [9.17, 15) is 4.79 Å². The van der Waals surface area contributed by atoms with E-state index >= 15 is 0 Å². The minimum Gasteiger partial charge on any atom is -0.465 e. The Morgan fingerprint density at radius 3 is 3.06 bits per heavy atom. The van der Waals surface area contributed by atoms with Gasteiger partial charge in [0.15, 0.2) is 0 Å². The number of piperidine rings is 1. The number of azide groups is 1. The fourth-order valence-electron chi connectivity index (χ4n) is 2.32. The van der Waals surface area contributed by atoms with E-state index in [1.54, 1.807) is 6.92 Å². The molecule has 6 nitrogen and oxygen atoms in total. The van der Waals surface area contributed by atoms with Gasteiger partial charge in [0.25, 0.3) is 0 Å². The molecule has 1 saturated carbocycles. The summed E-state index contributed by atoms with van der Waals surface area (Å²) in [4.78, 5) is 14.2. The summed E-state index contributed by atoms with van der Waals surface area (Å²) < 4.78 is 4.94. The van der Waals surface area contributed by atoms with Gasteiger partial charge in [-0.25, -0.2) is 0 Å². The predicted molar refractivity (Wildman–Crippen MR) is 60.3 cm³/mol. The van der Waals surface area contributed by atoms with Gasteiger partial charge in [-0.05, 0) is 30.7 Å². The van der Waals surface area contributed by atoms with Gasteiger partial charge in [0.1, 0.15) is 6.04 Å². The zero-order chi connectivity index (χ0) is 10.9. The van der Waals surface area contributed by atoms with Crippen molar-refractivity contribution in [3.8, 4) is 0 Å². The second kappa shape index (κ2) is 4.91. The Balaban J connectivity index is 0.00000128. The Morgan fingerprint density at radius 1 is 1.69 bits per heavy atom. The summed E-state index contributed by atoms with van der Waals surface area (Å²) in [6.07, 6.45) is 1.73. The molecule has 0 aromatic rings. The lowest BCUT2D eigenvalue weighted by Crippen LogP contribution is -2.35. The minimum atomic E-state index is -0.211. The maximum absolute atomic E-state index is 11.4. The SMILES string of the molecule is CCOC(=O)[C@@H]1C[C@]2(CN=[N+]=[N-])C[C@@H]2N1.Cl. The lowest BCUT2D eigenvalue weighted by atomic mass is 10.0. The van der Waals surface area contributed by atoms with Gasteiger partial charge in [-0.2, -0.15) is 0 Å².